The molecule has 3 nitrogen and oxygen atoms in total. The van der Waals surface area contributed by atoms with Gasteiger partial charge in [0.1, 0.15) is 5.82 Å². The fourth-order valence-electron chi connectivity index (χ4n) is 3.38. The van der Waals surface area contributed by atoms with Gasteiger partial charge in [0.2, 0.25) is 0 Å². The van der Waals surface area contributed by atoms with Gasteiger partial charge >= 0.3 is 0 Å². The molecule has 0 aromatic heterocycles. The smallest absolute Gasteiger partial charge is 0.268 e. The number of rotatable bonds is 10. The molecule has 0 radical (unpaired) electrons. The first-order chi connectivity index (χ1) is 14.1. The van der Waals surface area contributed by atoms with Crippen LogP contribution in [0.15, 0.2) is 64.4 Å². The first kappa shape index (κ1) is 21.3. The number of benzene rings is 2. The number of amides is 2. The number of halogens is 1. The van der Waals surface area contributed by atoms with Crippen LogP contribution in [0, 0.1) is 5.82 Å². The van der Waals surface area contributed by atoms with Crippen molar-refractivity contribution in [3.05, 3.63) is 70.9 Å². The largest absolute Gasteiger partial charge is 0.274 e. The number of carbonyl (C=O) groups is 2. The van der Waals surface area contributed by atoms with E-state index >= 15 is 0 Å². The minimum absolute atomic E-state index is 0.253. The lowest BCUT2D eigenvalue weighted by Crippen LogP contribution is -2.32. The molecule has 2 aromatic carbocycles. The Labute approximate surface area is 176 Å². The van der Waals surface area contributed by atoms with Crippen molar-refractivity contribution in [3.8, 4) is 0 Å². The fourth-order valence-corrected chi connectivity index (χ4v) is 4.41. The number of thioether (sulfide) groups is 1. The second-order valence-electron chi connectivity index (χ2n) is 7.16. The minimum Gasteiger partial charge on any atom is -0.274 e. The lowest BCUT2D eigenvalue weighted by Gasteiger charge is -2.15. The van der Waals surface area contributed by atoms with Crippen molar-refractivity contribution in [1.29, 1.82) is 0 Å². The number of nitrogens with zero attached hydrogens (tertiary/aromatic N) is 1. The molecule has 3 rings (SSSR count). The molecule has 5 heteroatoms. The SMILES string of the molecule is CCCCCCCCN1C(=O)C(Sc2ccccc2)=C(c2ccc(F)cc2)C1=O. The fraction of sp³-hybridized carbons (Fsp3) is 0.333. The third-order valence-electron chi connectivity index (χ3n) is 4.96. The second-order valence-corrected chi connectivity index (χ2v) is 8.24. The standard InChI is InChI=1S/C24H26FNO2S/c1-2-3-4-5-6-10-17-26-23(27)21(18-13-15-19(25)16-14-18)22(24(26)28)29-20-11-8-7-9-12-20/h7-9,11-16H,2-6,10,17H2,1H3. The van der Waals surface area contributed by atoms with Crippen LogP contribution >= 0.6 is 11.8 Å². The third-order valence-corrected chi connectivity index (χ3v) is 6.05. The molecular weight excluding hydrogens is 385 g/mol. The molecule has 0 saturated heterocycles. The molecule has 0 unspecified atom stereocenters. The molecule has 0 atom stereocenters. The predicted molar refractivity (Wildman–Crippen MR) is 116 cm³/mol. The monoisotopic (exact) mass is 411 g/mol. The lowest BCUT2D eigenvalue weighted by atomic mass is 10.1. The first-order valence-electron chi connectivity index (χ1n) is 10.2. The number of unbranched alkanes of at least 4 members (excludes halogenated alkanes) is 5. The Morgan fingerprint density at radius 3 is 2.17 bits per heavy atom. The van der Waals surface area contributed by atoms with Crippen molar-refractivity contribution < 1.29 is 14.0 Å². The Bertz CT molecular complexity index is 878. The van der Waals surface area contributed by atoms with Crippen LogP contribution in [-0.4, -0.2) is 23.3 Å². The highest BCUT2D eigenvalue weighted by Crippen LogP contribution is 2.39. The minimum atomic E-state index is -0.368. The van der Waals surface area contributed by atoms with Gasteiger partial charge in [-0.05, 0) is 36.2 Å². The molecular formula is C24H26FNO2S. The number of imide groups is 1. The van der Waals surface area contributed by atoms with E-state index in [-0.39, 0.29) is 17.6 Å². The molecule has 29 heavy (non-hydrogen) atoms. The zero-order valence-corrected chi connectivity index (χ0v) is 17.5. The van der Waals surface area contributed by atoms with Gasteiger partial charge in [0.05, 0.1) is 10.5 Å². The van der Waals surface area contributed by atoms with E-state index in [1.807, 2.05) is 30.3 Å². The highest BCUT2D eigenvalue weighted by atomic mass is 32.2. The van der Waals surface area contributed by atoms with Gasteiger partial charge in [-0.3, -0.25) is 14.5 Å². The van der Waals surface area contributed by atoms with Crippen molar-refractivity contribution in [2.45, 2.75) is 50.3 Å². The summed E-state index contributed by atoms with van der Waals surface area (Å²) < 4.78 is 13.4. The predicted octanol–water partition coefficient (Wildman–Crippen LogP) is 6.06. The average molecular weight is 412 g/mol. The summed E-state index contributed by atoms with van der Waals surface area (Å²) in [6.07, 6.45) is 6.52. The van der Waals surface area contributed by atoms with Crippen molar-refractivity contribution >= 4 is 29.1 Å². The summed E-state index contributed by atoms with van der Waals surface area (Å²) in [6, 6.07) is 15.3. The van der Waals surface area contributed by atoms with Gasteiger partial charge in [0.15, 0.2) is 0 Å². The second kappa shape index (κ2) is 10.4. The van der Waals surface area contributed by atoms with Crippen LogP contribution in [0.3, 0.4) is 0 Å². The van der Waals surface area contributed by atoms with Gasteiger partial charge in [0, 0.05) is 11.4 Å². The molecule has 1 aliphatic heterocycles. The molecule has 0 saturated carbocycles. The van der Waals surface area contributed by atoms with Crippen molar-refractivity contribution in [2.24, 2.45) is 0 Å². The molecule has 0 N–H and O–H groups in total. The average Bonchev–Trinajstić information content (AvgIpc) is 2.96. The van der Waals surface area contributed by atoms with Gasteiger partial charge in [-0.1, -0.05) is 81.1 Å². The van der Waals surface area contributed by atoms with E-state index in [0.717, 1.165) is 24.2 Å². The molecule has 0 spiro atoms. The maximum Gasteiger partial charge on any atom is 0.268 e. The zero-order valence-electron chi connectivity index (χ0n) is 16.7. The van der Waals surface area contributed by atoms with Crippen LogP contribution in [0.4, 0.5) is 4.39 Å². The Kier molecular flexibility index (Phi) is 7.64. The van der Waals surface area contributed by atoms with E-state index in [4.69, 9.17) is 0 Å². The van der Waals surface area contributed by atoms with Gasteiger partial charge < -0.3 is 0 Å². The lowest BCUT2D eigenvalue weighted by molar-refractivity contribution is -0.136. The maximum atomic E-state index is 13.4. The molecule has 0 fully saturated rings. The first-order valence-corrected chi connectivity index (χ1v) is 11.0. The number of hydrogen-bond donors (Lipinski definition) is 0. The molecule has 1 aliphatic rings. The van der Waals surface area contributed by atoms with E-state index in [1.165, 1.54) is 48.1 Å². The summed E-state index contributed by atoms with van der Waals surface area (Å²) in [6.45, 7) is 2.60. The molecule has 0 aliphatic carbocycles. The summed E-state index contributed by atoms with van der Waals surface area (Å²) >= 11 is 1.30. The zero-order chi connectivity index (χ0) is 20.6. The van der Waals surface area contributed by atoms with Gasteiger partial charge in [0.25, 0.3) is 11.8 Å². The summed E-state index contributed by atoms with van der Waals surface area (Å²) in [7, 11) is 0. The molecule has 0 bridgehead atoms. The van der Waals surface area contributed by atoms with Crippen LogP contribution in [0.1, 0.15) is 51.0 Å². The van der Waals surface area contributed by atoms with Crippen molar-refractivity contribution in [1.82, 2.24) is 4.90 Å². The molecule has 1 heterocycles. The third kappa shape index (κ3) is 5.36. The molecule has 2 aromatic rings. The Balaban J connectivity index is 1.80. The van der Waals surface area contributed by atoms with E-state index in [0.29, 0.717) is 22.6 Å². The highest BCUT2D eigenvalue weighted by molar-refractivity contribution is 8.04. The summed E-state index contributed by atoms with van der Waals surface area (Å²) in [5, 5.41) is 0. The van der Waals surface area contributed by atoms with E-state index in [2.05, 4.69) is 6.92 Å². The van der Waals surface area contributed by atoms with Crippen molar-refractivity contribution in [3.63, 3.8) is 0 Å². The maximum absolute atomic E-state index is 13.4. The molecule has 2 amide bonds. The summed E-state index contributed by atoms with van der Waals surface area (Å²) in [5.74, 6) is -0.905. The van der Waals surface area contributed by atoms with E-state index < -0.39 is 0 Å². The van der Waals surface area contributed by atoms with Crippen molar-refractivity contribution in [2.75, 3.05) is 6.54 Å². The van der Waals surface area contributed by atoms with E-state index in [1.54, 1.807) is 12.1 Å². The Morgan fingerprint density at radius 1 is 0.828 bits per heavy atom. The van der Waals surface area contributed by atoms with Crippen LogP contribution in [0.25, 0.3) is 5.57 Å². The van der Waals surface area contributed by atoms with E-state index in [9.17, 15) is 14.0 Å². The van der Waals surface area contributed by atoms with Crippen LogP contribution in [0.2, 0.25) is 0 Å². The van der Waals surface area contributed by atoms with Crippen LogP contribution < -0.4 is 0 Å². The summed E-state index contributed by atoms with van der Waals surface area (Å²) in [5.41, 5.74) is 0.948. The Hall–Kier alpha value is -2.40. The van der Waals surface area contributed by atoms with Crippen LogP contribution in [0.5, 0.6) is 0 Å². The topological polar surface area (TPSA) is 37.4 Å². The molecule has 152 valence electrons. The quantitative estimate of drug-likeness (QED) is 0.352. The number of carbonyl (C=O) groups excluding carboxylic acids is 2. The highest BCUT2D eigenvalue weighted by Gasteiger charge is 2.39. The Morgan fingerprint density at radius 2 is 1.48 bits per heavy atom. The number of hydrogen-bond acceptors (Lipinski definition) is 3. The normalized spacial score (nSPS) is 14.2. The van der Waals surface area contributed by atoms with Crippen LogP contribution in [-0.2, 0) is 9.59 Å². The van der Waals surface area contributed by atoms with Gasteiger partial charge in [-0.2, -0.15) is 0 Å². The van der Waals surface area contributed by atoms with Gasteiger partial charge in [-0.25, -0.2) is 4.39 Å². The summed E-state index contributed by atoms with van der Waals surface area (Å²) in [4.78, 5) is 28.9. The van der Waals surface area contributed by atoms with Gasteiger partial charge in [-0.15, -0.1) is 0 Å².